The summed E-state index contributed by atoms with van der Waals surface area (Å²) in [6, 6.07) is 10.5. The third-order valence-electron chi connectivity index (χ3n) is 2.62. The van der Waals surface area contributed by atoms with Gasteiger partial charge in [0.25, 0.3) is 0 Å². The van der Waals surface area contributed by atoms with Crippen LogP contribution >= 0.6 is 0 Å². The van der Waals surface area contributed by atoms with Gasteiger partial charge in [0.1, 0.15) is 0 Å². The zero-order valence-corrected chi connectivity index (χ0v) is 11.6. The molecule has 2 aromatic rings. The summed E-state index contributed by atoms with van der Waals surface area (Å²) in [5.74, 6) is 0. The lowest BCUT2D eigenvalue weighted by Crippen LogP contribution is -2.05. The minimum Gasteiger partial charge on any atom is -0.324 e. The molecule has 1 unspecified atom stereocenters. The molecule has 2 N–H and O–H groups in total. The minimum atomic E-state index is 0.147. The quantitative estimate of drug-likeness (QED) is 0.828. The van der Waals surface area contributed by atoms with Crippen molar-refractivity contribution >= 4 is 0 Å². The maximum Gasteiger partial charge on any atom is 0.0270 e. The lowest BCUT2D eigenvalue weighted by Gasteiger charge is -2.07. The Kier molecular flexibility index (Phi) is 5.53. The number of benzene rings is 1. The van der Waals surface area contributed by atoms with Crippen molar-refractivity contribution in [3.05, 3.63) is 65.0 Å². The van der Waals surface area contributed by atoms with Crippen LogP contribution in [0.25, 0.3) is 0 Å². The summed E-state index contributed by atoms with van der Waals surface area (Å²) >= 11 is 0. The molecule has 2 rings (SSSR count). The Morgan fingerprint density at radius 2 is 1.39 bits per heavy atom. The summed E-state index contributed by atoms with van der Waals surface area (Å²) in [4.78, 5) is 3.85. The number of hydrogen-bond donors (Lipinski definition) is 1. The standard InChI is InChI=1S/C10H15N.C6H7N/c1-7-4-8(2)6-10(5-7)9(3)11;1-6-2-4-7-5-3-6/h4-6,9H,11H2,1-3H3;2-5H,1H3. The summed E-state index contributed by atoms with van der Waals surface area (Å²) in [5.41, 5.74) is 10.8. The molecular weight excluding hydrogens is 220 g/mol. The normalized spacial score (nSPS) is 11.4. The van der Waals surface area contributed by atoms with E-state index in [9.17, 15) is 0 Å². The predicted octanol–water partition coefficient (Wildman–Crippen LogP) is 3.71. The Morgan fingerprint density at radius 1 is 0.889 bits per heavy atom. The van der Waals surface area contributed by atoms with Crippen molar-refractivity contribution in [1.82, 2.24) is 4.98 Å². The van der Waals surface area contributed by atoms with E-state index in [2.05, 4.69) is 37.0 Å². The van der Waals surface area contributed by atoms with Gasteiger partial charge in [-0.2, -0.15) is 0 Å². The van der Waals surface area contributed by atoms with Crippen LogP contribution in [-0.4, -0.2) is 4.98 Å². The maximum atomic E-state index is 5.75. The molecule has 1 heterocycles. The summed E-state index contributed by atoms with van der Waals surface area (Å²) < 4.78 is 0. The summed E-state index contributed by atoms with van der Waals surface area (Å²) in [6.07, 6.45) is 3.57. The highest BCUT2D eigenvalue weighted by molar-refractivity contribution is 5.30. The van der Waals surface area contributed by atoms with Crippen molar-refractivity contribution in [2.75, 3.05) is 0 Å². The molecule has 0 aliphatic rings. The monoisotopic (exact) mass is 242 g/mol. The van der Waals surface area contributed by atoms with Gasteiger partial charge in [-0.05, 0) is 51.0 Å². The fourth-order valence-corrected chi connectivity index (χ4v) is 1.70. The zero-order chi connectivity index (χ0) is 13.5. The lowest BCUT2D eigenvalue weighted by atomic mass is 10.0. The van der Waals surface area contributed by atoms with Crippen molar-refractivity contribution in [2.45, 2.75) is 33.7 Å². The topological polar surface area (TPSA) is 38.9 Å². The first kappa shape index (κ1) is 14.4. The fraction of sp³-hybridized carbons (Fsp3) is 0.312. The van der Waals surface area contributed by atoms with E-state index in [0.717, 1.165) is 0 Å². The van der Waals surface area contributed by atoms with Gasteiger partial charge in [0.05, 0.1) is 0 Å². The zero-order valence-electron chi connectivity index (χ0n) is 11.6. The first-order valence-electron chi connectivity index (χ1n) is 6.19. The maximum absolute atomic E-state index is 5.75. The van der Waals surface area contributed by atoms with Gasteiger partial charge in [-0.25, -0.2) is 0 Å². The Hall–Kier alpha value is -1.67. The number of nitrogens with two attached hydrogens (primary N) is 1. The molecule has 18 heavy (non-hydrogen) atoms. The molecular formula is C16H22N2. The Balaban J connectivity index is 0.000000199. The second-order valence-corrected chi connectivity index (χ2v) is 4.73. The van der Waals surface area contributed by atoms with E-state index in [1.807, 2.05) is 26.0 Å². The van der Waals surface area contributed by atoms with Gasteiger partial charge in [0, 0.05) is 18.4 Å². The number of hydrogen-bond acceptors (Lipinski definition) is 2. The predicted molar refractivity (Wildman–Crippen MR) is 77.5 cm³/mol. The molecule has 0 aliphatic heterocycles. The SMILES string of the molecule is Cc1cc(C)cc(C(C)N)c1.Cc1ccncc1. The average molecular weight is 242 g/mol. The molecule has 0 aliphatic carbocycles. The Labute approximate surface area is 110 Å². The van der Waals surface area contributed by atoms with Gasteiger partial charge in [0.2, 0.25) is 0 Å². The molecule has 0 spiro atoms. The van der Waals surface area contributed by atoms with Gasteiger partial charge in [0.15, 0.2) is 0 Å². The van der Waals surface area contributed by atoms with Crippen molar-refractivity contribution in [1.29, 1.82) is 0 Å². The number of aryl methyl sites for hydroxylation is 3. The van der Waals surface area contributed by atoms with Gasteiger partial charge >= 0.3 is 0 Å². The van der Waals surface area contributed by atoms with Crippen LogP contribution in [0, 0.1) is 20.8 Å². The minimum absolute atomic E-state index is 0.147. The van der Waals surface area contributed by atoms with Gasteiger partial charge in [-0.15, -0.1) is 0 Å². The van der Waals surface area contributed by atoms with Crippen LogP contribution in [0.3, 0.4) is 0 Å². The van der Waals surface area contributed by atoms with E-state index in [0.29, 0.717) is 0 Å². The molecule has 0 bridgehead atoms. The van der Waals surface area contributed by atoms with Gasteiger partial charge in [-0.1, -0.05) is 29.3 Å². The largest absolute Gasteiger partial charge is 0.324 e. The number of aromatic nitrogens is 1. The Morgan fingerprint density at radius 3 is 1.72 bits per heavy atom. The van der Waals surface area contributed by atoms with Crippen LogP contribution in [0.15, 0.2) is 42.7 Å². The number of rotatable bonds is 1. The number of nitrogens with zero attached hydrogens (tertiary/aromatic N) is 1. The third kappa shape index (κ3) is 5.11. The molecule has 2 nitrogen and oxygen atoms in total. The highest BCUT2D eigenvalue weighted by Crippen LogP contribution is 2.13. The van der Waals surface area contributed by atoms with Crippen molar-refractivity contribution < 1.29 is 0 Å². The van der Waals surface area contributed by atoms with Crippen LogP contribution in [0.5, 0.6) is 0 Å². The van der Waals surface area contributed by atoms with E-state index >= 15 is 0 Å². The van der Waals surface area contributed by atoms with Crippen LogP contribution in [0.2, 0.25) is 0 Å². The molecule has 0 radical (unpaired) electrons. The van der Waals surface area contributed by atoms with E-state index in [4.69, 9.17) is 5.73 Å². The summed E-state index contributed by atoms with van der Waals surface area (Å²) in [5, 5.41) is 0. The van der Waals surface area contributed by atoms with Crippen LogP contribution in [-0.2, 0) is 0 Å². The van der Waals surface area contributed by atoms with E-state index in [1.54, 1.807) is 12.4 Å². The molecule has 0 amide bonds. The molecule has 96 valence electrons. The summed E-state index contributed by atoms with van der Waals surface area (Å²) in [7, 11) is 0. The molecule has 0 fully saturated rings. The van der Waals surface area contributed by atoms with Crippen LogP contribution in [0.1, 0.15) is 35.2 Å². The molecule has 2 heteroatoms. The van der Waals surface area contributed by atoms with Gasteiger partial charge in [-0.3, -0.25) is 4.98 Å². The molecule has 0 saturated carbocycles. The second-order valence-electron chi connectivity index (χ2n) is 4.73. The first-order chi connectivity index (χ1) is 8.49. The first-order valence-corrected chi connectivity index (χ1v) is 6.19. The van der Waals surface area contributed by atoms with E-state index in [1.165, 1.54) is 22.3 Å². The van der Waals surface area contributed by atoms with Crippen molar-refractivity contribution in [3.8, 4) is 0 Å². The molecule has 1 aromatic heterocycles. The lowest BCUT2D eigenvalue weighted by molar-refractivity contribution is 0.815. The fourth-order valence-electron chi connectivity index (χ4n) is 1.70. The van der Waals surface area contributed by atoms with Crippen molar-refractivity contribution in [3.63, 3.8) is 0 Å². The average Bonchev–Trinajstić information content (AvgIpc) is 2.29. The molecule has 1 aromatic carbocycles. The van der Waals surface area contributed by atoms with E-state index in [-0.39, 0.29) is 6.04 Å². The smallest absolute Gasteiger partial charge is 0.0270 e. The van der Waals surface area contributed by atoms with Crippen molar-refractivity contribution in [2.24, 2.45) is 5.73 Å². The molecule has 1 atom stereocenters. The van der Waals surface area contributed by atoms with E-state index < -0.39 is 0 Å². The second kappa shape index (κ2) is 6.92. The summed E-state index contributed by atoms with van der Waals surface area (Å²) in [6.45, 7) is 8.24. The highest BCUT2D eigenvalue weighted by atomic mass is 14.6. The Bertz CT molecular complexity index is 455. The number of pyridine rings is 1. The highest BCUT2D eigenvalue weighted by Gasteiger charge is 1.99. The molecule has 0 saturated heterocycles. The van der Waals surface area contributed by atoms with Gasteiger partial charge < -0.3 is 5.73 Å². The van der Waals surface area contributed by atoms with Crippen LogP contribution < -0.4 is 5.73 Å². The van der Waals surface area contributed by atoms with Crippen LogP contribution in [0.4, 0.5) is 0 Å². The third-order valence-corrected chi connectivity index (χ3v) is 2.62.